The van der Waals surface area contributed by atoms with Gasteiger partial charge in [0.25, 0.3) is 0 Å². The van der Waals surface area contributed by atoms with E-state index in [0.717, 1.165) is 36.1 Å². The van der Waals surface area contributed by atoms with Crippen molar-refractivity contribution in [2.45, 2.75) is 59.8 Å². The third kappa shape index (κ3) is 7.38. The molecule has 0 amide bonds. The van der Waals surface area contributed by atoms with Crippen LogP contribution < -0.4 is 5.32 Å². The molecule has 0 fully saturated rings. The number of allylic oxidation sites excluding steroid dienone is 6. The van der Waals surface area contributed by atoms with E-state index in [2.05, 4.69) is 50.9 Å². The summed E-state index contributed by atoms with van der Waals surface area (Å²) in [6.45, 7) is 12.9. The molecule has 0 atom stereocenters. The van der Waals surface area contributed by atoms with Crippen molar-refractivity contribution >= 4 is 5.82 Å². The molecule has 0 radical (unpaired) electrons. The van der Waals surface area contributed by atoms with Gasteiger partial charge in [-0.25, -0.2) is 18.7 Å². The van der Waals surface area contributed by atoms with E-state index in [0.29, 0.717) is 40.3 Å². The minimum Gasteiger partial charge on any atom is -0.338 e. The predicted octanol–water partition coefficient (Wildman–Crippen LogP) is 9.14. The quantitative estimate of drug-likeness (QED) is 0.268. The molecule has 1 heterocycles. The van der Waals surface area contributed by atoms with Crippen LogP contribution in [-0.4, -0.2) is 9.97 Å². The van der Waals surface area contributed by atoms with Crippen molar-refractivity contribution in [3.8, 4) is 11.3 Å². The van der Waals surface area contributed by atoms with E-state index >= 15 is 4.39 Å². The van der Waals surface area contributed by atoms with E-state index < -0.39 is 0 Å². The summed E-state index contributed by atoms with van der Waals surface area (Å²) in [5.41, 5.74) is 5.46. The Morgan fingerprint density at radius 1 is 1.08 bits per heavy atom. The topological polar surface area (TPSA) is 37.8 Å². The van der Waals surface area contributed by atoms with E-state index in [9.17, 15) is 4.39 Å². The van der Waals surface area contributed by atoms with Gasteiger partial charge in [0.05, 0.1) is 17.6 Å². The number of hydrogen-bond acceptors (Lipinski definition) is 3. The molecule has 0 saturated carbocycles. The van der Waals surface area contributed by atoms with Crippen molar-refractivity contribution < 1.29 is 8.78 Å². The summed E-state index contributed by atoms with van der Waals surface area (Å²) in [4.78, 5) is 9.56. The minimum absolute atomic E-state index is 0.0345. The smallest absolute Gasteiger partial charge is 0.152 e. The summed E-state index contributed by atoms with van der Waals surface area (Å²) in [7, 11) is 0. The number of aryl methyl sites for hydroxylation is 1. The van der Waals surface area contributed by atoms with Gasteiger partial charge in [-0.15, -0.1) is 0 Å². The molecular formula is C34H37F2N3. The zero-order valence-electron chi connectivity index (χ0n) is 23.3. The van der Waals surface area contributed by atoms with Gasteiger partial charge in [-0.3, -0.25) is 0 Å². The highest BCUT2D eigenvalue weighted by Gasteiger charge is 2.19. The third-order valence-electron chi connectivity index (χ3n) is 6.54. The molecular weight excluding hydrogens is 488 g/mol. The fourth-order valence-corrected chi connectivity index (χ4v) is 4.69. The van der Waals surface area contributed by atoms with Crippen LogP contribution in [0.1, 0.15) is 63.8 Å². The predicted molar refractivity (Wildman–Crippen MR) is 157 cm³/mol. The number of nitrogens with zero attached hydrogens (tertiary/aromatic N) is 2. The standard InChI is InChI=1S/C34H37F2N3/c1-6-12-25-16-11-17-27(32(25)36)31-22-37-33(30(38-31)20-26-15-9-10-18-28(26)35)39-29(19-24-13-7-8-14-24)23(2)21-34(3,4)5/h7-11,13,15-19,22H,2,6,12,14,20-21H2,1,3-5H3,(H,37,39)/b29-19-. The largest absolute Gasteiger partial charge is 0.338 e. The first-order chi connectivity index (χ1) is 18.6. The lowest BCUT2D eigenvalue weighted by molar-refractivity contribution is 0.412. The zero-order chi connectivity index (χ0) is 28.0. The molecule has 1 aromatic heterocycles. The molecule has 4 rings (SSSR count). The number of aromatic nitrogens is 2. The second kappa shape index (κ2) is 12.3. The summed E-state index contributed by atoms with van der Waals surface area (Å²) >= 11 is 0. The van der Waals surface area contributed by atoms with Crippen LogP contribution in [0.2, 0.25) is 0 Å². The Morgan fingerprint density at radius 2 is 1.85 bits per heavy atom. The second-order valence-corrected chi connectivity index (χ2v) is 11.2. The van der Waals surface area contributed by atoms with Gasteiger partial charge in [-0.05, 0) is 65.2 Å². The Hall–Kier alpha value is -3.86. The summed E-state index contributed by atoms with van der Waals surface area (Å²) in [5, 5.41) is 3.46. The van der Waals surface area contributed by atoms with Crippen LogP contribution in [0.25, 0.3) is 11.3 Å². The average molecular weight is 526 g/mol. The van der Waals surface area contributed by atoms with Gasteiger partial charge in [0.15, 0.2) is 5.82 Å². The lowest BCUT2D eigenvalue weighted by atomic mass is 9.87. The summed E-state index contributed by atoms with van der Waals surface area (Å²) in [6, 6.07) is 12.0. The molecule has 5 heteroatoms. The fraction of sp³-hybridized carbons (Fsp3) is 0.294. The maximum absolute atomic E-state index is 15.4. The highest BCUT2D eigenvalue weighted by Crippen LogP contribution is 2.31. The Balaban J connectivity index is 1.78. The number of benzene rings is 2. The van der Waals surface area contributed by atoms with Crippen molar-refractivity contribution in [3.05, 3.63) is 125 Å². The van der Waals surface area contributed by atoms with Crippen molar-refractivity contribution in [3.63, 3.8) is 0 Å². The normalized spacial score (nSPS) is 13.5. The summed E-state index contributed by atoms with van der Waals surface area (Å²) in [6.07, 6.45) is 13.2. The highest BCUT2D eigenvalue weighted by atomic mass is 19.1. The van der Waals surface area contributed by atoms with Crippen molar-refractivity contribution in [1.82, 2.24) is 9.97 Å². The van der Waals surface area contributed by atoms with E-state index in [4.69, 9.17) is 9.97 Å². The molecule has 0 unspecified atom stereocenters. The maximum Gasteiger partial charge on any atom is 0.152 e. The van der Waals surface area contributed by atoms with Gasteiger partial charge in [0.1, 0.15) is 11.6 Å². The average Bonchev–Trinajstić information content (AvgIpc) is 3.39. The molecule has 3 nitrogen and oxygen atoms in total. The number of rotatable bonds is 10. The lowest BCUT2D eigenvalue weighted by Gasteiger charge is -2.23. The third-order valence-corrected chi connectivity index (χ3v) is 6.54. The first-order valence-corrected chi connectivity index (χ1v) is 13.5. The first kappa shape index (κ1) is 28.2. The first-order valence-electron chi connectivity index (χ1n) is 13.5. The monoisotopic (exact) mass is 525 g/mol. The molecule has 2 aromatic carbocycles. The van der Waals surface area contributed by atoms with Crippen LogP contribution in [0, 0.1) is 17.0 Å². The minimum atomic E-state index is -0.318. The molecule has 0 bridgehead atoms. The van der Waals surface area contributed by atoms with E-state index in [1.807, 2.05) is 19.1 Å². The maximum atomic E-state index is 15.4. The van der Waals surface area contributed by atoms with Crippen LogP contribution in [0.4, 0.5) is 14.6 Å². The van der Waals surface area contributed by atoms with Crippen molar-refractivity contribution in [2.75, 3.05) is 5.32 Å². The Kier molecular flexibility index (Phi) is 8.90. The Bertz CT molecular complexity index is 1440. The van der Waals surface area contributed by atoms with Gasteiger partial charge < -0.3 is 5.32 Å². The van der Waals surface area contributed by atoms with Crippen LogP contribution in [0.15, 0.2) is 96.4 Å². The molecule has 39 heavy (non-hydrogen) atoms. The van der Waals surface area contributed by atoms with Gasteiger partial charge >= 0.3 is 0 Å². The second-order valence-electron chi connectivity index (χ2n) is 11.2. The van der Waals surface area contributed by atoms with Gasteiger partial charge in [-0.1, -0.05) is 89.3 Å². The molecule has 3 aromatic rings. The van der Waals surface area contributed by atoms with Gasteiger partial charge in [0, 0.05) is 17.7 Å². The summed E-state index contributed by atoms with van der Waals surface area (Å²) in [5.74, 6) is -0.104. The SMILES string of the molecule is C=C(CC(C)(C)C)/C(=C/C1=CC=CC1)Nc1ncc(-c2cccc(CCC)c2F)nc1Cc1ccccc1F. The van der Waals surface area contributed by atoms with Crippen LogP contribution in [-0.2, 0) is 12.8 Å². The van der Waals surface area contributed by atoms with Crippen LogP contribution >= 0.6 is 0 Å². The van der Waals surface area contributed by atoms with Crippen molar-refractivity contribution in [1.29, 1.82) is 0 Å². The molecule has 0 aliphatic heterocycles. The molecule has 0 spiro atoms. The van der Waals surface area contributed by atoms with Gasteiger partial charge in [0.2, 0.25) is 0 Å². The highest BCUT2D eigenvalue weighted by molar-refractivity contribution is 5.63. The van der Waals surface area contributed by atoms with E-state index in [-0.39, 0.29) is 23.5 Å². The Morgan fingerprint density at radius 3 is 2.54 bits per heavy atom. The van der Waals surface area contributed by atoms with Crippen molar-refractivity contribution in [2.24, 2.45) is 5.41 Å². The zero-order valence-corrected chi connectivity index (χ0v) is 23.3. The number of nitrogens with one attached hydrogen (secondary N) is 1. The van der Waals surface area contributed by atoms with E-state index in [1.165, 1.54) is 6.07 Å². The van der Waals surface area contributed by atoms with E-state index in [1.54, 1.807) is 36.5 Å². The number of hydrogen-bond donors (Lipinski definition) is 1. The Labute approximate surface area is 231 Å². The molecule has 1 aliphatic carbocycles. The fourth-order valence-electron chi connectivity index (χ4n) is 4.69. The van der Waals surface area contributed by atoms with Crippen LogP contribution in [0.3, 0.4) is 0 Å². The number of halogens is 2. The number of anilines is 1. The lowest BCUT2D eigenvalue weighted by Crippen LogP contribution is -2.13. The van der Waals surface area contributed by atoms with Gasteiger partial charge in [-0.2, -0.15) is 0 Å². The molecule has 1 N–H and O–H groups in total. The molecule has 1 aliphatic rings. The molecule has 0 saturated heterocycles. The summed E-state index contributed by atoms with van der Waals surface area (Å²) < 4.78 is 30.1. The van der Waals surface area contributed by atoms with Crippen LogP contribution in [0.5, 0.6) is 0 Å². The molecule has 202 valence electrons.